The first-order valence-corrected chi connectivity index (χ1v) is 19.6. The fraction of sp³-hybridized carbons (Fsp3) is 0.577. The fourth-order valence-electron chi connectivity index (χ4n) is 6.64. The number of phosphoric acid groups is 1. The average molecular weight is 761 g/mol. The zero-order valence-electron chi connectivity index (χ0n) is 25.7. The van der Waals surface area contributed by atoms with Crippen molar-refractivity contribution in [3.8, 4) is 0 Å². The van der Waals surface area contributed by atoms with Gasteiger partial charge in [-0.05, 0) is 30.2 Å². The van der Waals surface area contributed by atoms with Crippen molar-refractivity contribution in [2.24, 2.45) is 0 Å². The predicted octanol–water partition coefficient (Wildman–Crippen LogP) is 0.0165. The van der Waals surface area contributed by atoms with Crippen LogP contribution in [0.15, 0.2) is 30.0 Å². The van der Waals surface area contributed by atoms with Crippen molar-refractivity contribution in [3.63, 3.8) is 0 Å². The van der Waals surface area contributed by atoms with Crippen molar-refractivity contribution in [1.82, 2.24) is 33.6 Å². The minimum absolute atomic E-state index is 0.00285. The number of anilines is 1. The van der Waals surface area contributed by atoms with Gasteiger partial charge in [-0.25, -0.2) is 28.9 Å². The van der Waals surface area contributed by atoms with Crippen LogP contribution in [0.25, 0.3) is 22.2 Å². The maximum absolute atomic E-state index is 16.3. The number of aliphatic hydroxyl groups is 2. The highest BCUT2D eigenvalue weighted by Gasteiger charge is 2.54. The molecule has 0 amide bonds. The molecule has 24 heteroatoms. The summed E-state index contributed by atoms with van der Waals surface area (Å²) in [5.74, 6) is 0.582. The summed E-state index contributed by atoms with van der Waals surface area (Å²) in [5, 5.41) is 24.4. The molecule has 0 aromatic carbocycles. The summed E-state index contributed by atoms with van der Waals surface area (Å²) in [6, 6.07) is 0. The van der Waals surface area contributed by atoms with Crippen molar-refractivity contribution >= 4 is 54.4 Å². The van der Waals surface area contributed by atoms with Crippen molar-refractivity contribution in [2.75, 3.05) is 31.7 Å². The quantitative estimate of drug-likeness (QED) is 0.172. The number of phosphoric ester groups is 1. The molecule has 4 aliphatic heterocycles. The molecule has 0 spiro atoms. The first-order valence-electron chi connectivity index (χ1n) is 15.5. The van der Waals surface area contributed by atoms with E-state index in [1.54, 1.807) is 6.20 Å². The molecule has 50 heavy (non-hydrogen) atoms. The SMILES string of the molecule is O=c1c2ncn([C@@H]3O[C@@H]4COP(=O)(O)O[C@H]5[C@@H](F)[C@H](n6cc7c8c(ncnc86)NCCC7)O[C@@H]5COP(O)(=S)O[C@@H]3[C@@H]4O)c2ncn1CCO. The van der Waals surface area contributed by atoms with Gasteiger partial charge < -0.3 is 43.9 Å². The standard InChI is InChI=1S/C26H31FN8O12P2S/c27-16-19-14(45-25(16)34-6-12-2-1-3-28-21-15(12)22(34)30-9-29-21)8-43-49(41,50)47-20-18(37)13(7-42-48(39,40)46-19)44-26(20)35-11-31-17-23(35)32-10-33(4-5-36)24(17)38/h6,9-11,13-14,16,18-20,25-26,36-37H,1-5,7-8H2,(H,39,40)(H,41,50)(H,28,29,30)/t13-,14-,16-,18-,19-,20-,25-,26-,49?/m1/s1. The summed E-state index contributed by atoms with van der Waals surface area (Å²) in [7, 11) is -5.09. The zero-order valence-corrected chi connectivity index (χ0v) is 28.3. The number of hydrogen-bond acceptors (Lipinski definition) is 16. The van der Waals surface area contributed by atoms with Gasteiger partial charge in [-0.2, -0.15) is 0 Å². The molecule has 4 aromatic heterocycles. The van der Waals surface area contributed by atoms with Crippen LogP contribution in [0.4, 0.5) is 10.2 Å². The van der Waals surface area contributed by atoms with Crippen LogP contribution in [0, 0.1) is 0 Å². The molecule has 0 saturated carbocycles. The summed E-state index contributed by atoms with van der Waals surface area (Å²) in [6.45, 7) is -5.41. The van der Waals surface area contributed by atoms with Gasteiger partial charge in [-0.15, -0.1) is 0 Å². The molecule has 5 N–H and O–H groups in total. The molecule has 0 aliphatic carbocycles. The van der Waals surface area contributed by atoms with Crippen LogP contribution in [0.1, 0.15) is 24.4 Å². The average Bonchev–Trinajstić information content (AvgIpc) is 3.78. The summed E-state index contributed by atoms with van der Waals surface area (Å²) >= 11 is 5.28. The van der Waals surface area contributed by atoms with E-state index >= 15 is 4.39 Å². The number of ether oxygens (including phenoxy) is 2. The first-order chi connectivity index (χ1) is 23.9. The van der Waals surface area contributed by atoms with Crippen LogP contribution in [-0.4, -0.2) is 117 Å². The van der Waals surface area contributed by atoms with Crippen LogP contribution in [-0.2, 0) is 56.9 Å². The summed E-state index contributed by atoms with van der Waals surface area (Å²) in [4.78, 5) is 51.8. The van der Waals surface area contributed by atoms with Crippen LogP contribution in [0.2, 0.25) is 0 Å². The summed E-state index contributed by atoms with van der Waals surface area (Å²) in [6.07, 6.45) is -5.73. The number of alkyl halides is 1. The van der Waals surface area contributed by atoms with Gasteiger partial charge in [0.25, 0.3) is 5.56 Å². The van der Waals surface area contributed by atoms with Crippen LogP contribution in [0.5, 0.6) is 0 Å². The lowest BCUT2D eigenvalue weighted by Gasteiger charge is -2.27. The number of nitrogens with zero attached hydrogens (tertiary/aromatic N) is 7. The number of fused-ring (bicyclic) bond motifs is 4. The van der Waals surface area contributed by atoms with E-state index in [2.05, 4.69) is 25.3 Å². The topological polar surface area (TPSA) is 249 Å². The molecule has 3 saturated heterocycles. The highest BCUT2D eigenvalue weighted by atomic mass is 32.5. The molecular weight excluding hydrogens is 729 g/mol. The Bertz CT molecular complexity index is 2100. The molecule has 20 nitrogen and oxygen atoms in total. The summed E-state index contributed by atoms with van der Waals surface area (Å²) < 4.78 is 67.3. The molecule has 8 rings (SSSR count). The number of halogens is 1. The fourth-order valence-corrected chi connectivity index (χ4v) is 9.01. The van der Waals surface area contributed by atoms with Crippen molar-refractivity contribution < 1.29 is 56.5 Å². The van der Waals surface area contributed by atoms with Gasteiger partial charge in [0.1, 0.15) is 54.6 Å². The lowest BCUT2D eigenvalue weighted by molar-refractivity contribution is -0.0634. The highest BCUT2D eigenvalue weighted by Crippen LogP contribution is 2.54. The lowest BCUT2D eigenvalue weighted by atomic mass is 10.1. The zero-order chi connectivity index (χ0) is 34.9. The third-order valence-corrected chi connectivity index (χ3v) is 11.5. The smallest absolute Gasteiger partial charge is 0.395 e. The van der Waals surface area contributed by atoms with E-state index in [0.717, 1.165) is 16.6 Å². The van der Waals surface area contributed by atoms with E-state index < -0.39 is 82.5 Å². The van der Waals surface area contributed by atoms with Gasteiger partial charge in [0.15, 0.2) is 29.8 Å². The Labute approximate surface area is 285 Å². The predicted molar refractivity (Wildman–Crippen MR) is 170 cm³/mol. The minimum Gasteiger partial charge on any atom is -0.395 e. The third kappa shape index (κ3) is 6.01. The largest absolute Gasteiger partial charge is 0.472 e. The number of nitrogens with one attached hydrogen (secondary N) is 1. The molecule has 10 atom stereocenters. The first kappa shape index (κ1) is 34.3. The third-order valence-electron chi connectivity index (χ3n) is 8.94. The van der Waals surface area contributed by atoms with Gasteiger partial charge in [0, 0.05) is 12.7 Å². The van der Waals surface area contributed by atoms with E-state index in [-0.39, 0.29) is 24.3 Å². The molecule has 4 aromatic rings. The van der Waals surface area contributed by atoms with Crippen molar-refractivity contribution in [1.29, 1.82) is 0 Å². The second-order valence-corrected chi connectivity index (χ2v) is 16.2. The van der Waals surface area contributed by atoms with E-state index in [4.69, 9.17) is 39.4 Å². The number of imidazole rings is 1. The molecule has 8 heterocycles. The number of aryl methyl sites for hydroxylation is 1. The van der Waals surface area contributed by atoms with Gasteiger partial charge in [-0.1, -0.05) is 0 Å². The molecule has 270 valence electrons. The van der Waals surface area contributed by atoms with Crippen LogP contribution < -0.4 is 10.9 Å². The molecule has 2 bridgehead atoms. The molecule has 4 aliphatic rings. The minimum atomic E-state index is -5.09. The number of aliphatic hydroxyl groups excluding tert-OH is 2. The highest BCUT2D eigenvalue weighted by molar-refractivity contribution is 8.07. The van der Waals surface area contributed by atoms with E-state index in [1.807, 2.05) is 0 Å². The Hall–Kier alpha value is -2.82. The second-order valence-electron chi connectivity index (χ2n) is 12.0. The van der Waals surface area contributed by atoms with Gasteiger partial charge >= 0.3 is 14.5 Å². The Kier molecular flexibility index (Phi) is 8.91. The monoisotopic (exact) mass is 760 g/mol. The van der Waals surface area contributed by atoms with Crippen molar-refractivity contribution in [3.05, 3.63) is 41.1 Å². The normalized spacial score (nSPS) is 36.3. The van der Waals surface area contributed by atoms with E-state index in [0.29, 0.717) is 29.8 Å². The molecular formula is C26H31FN8O12P2S. The van der Waals surface area contributed by atoms with Crippen molar-refractivity contribution in [2.45, 2.75) is 68.5 Å². The maximum Gasteiger partial charge on any atom is 0.472 e. The van der Waals surface area contributed by atoms with Crippen LogP contribution >= 0.6 is 14.5 Å². The van der Waals surface area contributed by atoms with E-state index in [9.17, 15) is 29.4 Å². The molecule has 0 radical (unpaired) electrons. The number of hydrogen-bond donors (Lipinski definition) is 5. The molecule has 3 fully saturated rings. The van der Waals surface area contributed by atoms with Gasteiger partial charge in [-0.3, -0.25) is 27.5 Å². The second kappa shape index (κ2) is 13.0. The van der Waals surface area contributed by atoms with Gasteiger partial charge in [0.05, 0.1) is 38.1 Å². The van der Waals surface area contributed by atoms with Gasteiger partial charge in [0.2, 0.25) is 0 Å². The Morgan fingerprint density at radius 2 is 1.80 bits per heavy atom. The lowest BCUT2D eigenvalue weighted by Crippen LogP contribution is -2.35. The Morgan fingerprint density at radius 1 is 1.00 bits per heavy atom. The molecule has 2 unspecified atom stereocenters. The van der Waals surface area contributed by atoms with E-state index in [1.165, 1.54) is 28.1 Å². The number of rotatable bonds is 4. The number of aromatic nitrogens is 7. The Balaban J connectivity index is 1.10. The maximum atomic E-state index is 16.3. The Morgan fingerprint density at radius 3 is 2.62 bits per heavy atom. The van der Waals surface area contributed by atoms with Crippen LogP contribution in [0.3, 0.4) is 0 Å². The summed E-state index contributed by atoms with van der Waals surface area (Å²) in [5.41, 5.74) is 0.554.